The minimum absolute atomic E-state index is 0.147. The van der Waals surface area contributed by atoms with E-state index in [0.29, 0.717) is 44.9 Å². The topological polar surface area (TPSA) is 79.9 Å². The van der Waals surface area contributed by atoms with E-state index in [9.17, 15) is 14.0 Å². The first kappa shape index (κ1) is 26.7. The van der Waals surface area contributed by atoms with Crippen molar-refractivity contribution < 1.29 is 23.5 Å². The molecule has 0 unspecified atom stereocenters. The van der Waals surface area contributed by atoms with Crippen LogP contribution in [0.2, 0.25) is 0 Å². The minimum atomic E-state index is -0.626. The average molecular weight is 504 g/mol. The van der Waals surface area contributed by atoms with Crippen LogP contribution < -0.4 is 15.5 Å². The van der Waals surface area contributed by atoms with Crippen LogP contribution in [-0.2, 0) is 19.7 Å². The average Bonchev–Trinajstić information content (AvgIpc) is 3.08. The van der Waals surface area contributed by atoms with Gasteiger partial charge in [0.05, 0.1) is 13.2 Å². The fourth-order valence-electron chi connectivity index (χ4n) is 5.97. The fourth-order valence-corrected chi connectivity index (χ4v) is 5.97. The van der Waals surface area contributed by atoms with Gasteiger partial charge in [-0.25, -0.2) is 9.18 Å². The number of hydrogen-bond acceptors (Lipinski definition) is 5. The maximum Gasteiger partial charge on any atom is 0.408 e. The molecule has 0 spiro atoms. The van der Waals surface area contributed by atoms with Gasteiger partial charge in [0.1, 0.15) is 18.0 Å². The van der Waals surface area contributed by atoms with Crippen LogP contribution in [0.3, 0.4) is 0 Å². The molecule has 4 rings (SSSR count). The third-order valence-corrected chi connectivity index (χ3v) is 7.84. The van der Waals surface area contributed by atoms with Crippen molar-refractivity contribution in [2.24, 2.45) is 5.92 Å². The molecule has 1 saturated heterocycles. The number of alkyl carbamates (subject to hydrolysis) is 1. The highest BCUT2D eigenvalue weighted by Crippen LogP contribution is 2.40. The normalized spacial score (nSPS) is 21.9. The number of ether oxygens (including phenoxy) is 2. The molecule has 2 fully saturated rings. The number of amides is 2. The number of halogens is 1. The number of rotatable bonds is 8. The quantitative estimate of drug-likeness (QED) is 0.539. The standard InChI is InChI=1S/C28H42FN3O4/c1-19(17-32-18-28(2,3)23-16-21(29)9-10-25(23)32)30-26(33)24(15-20-7-5-4-6-8-20)31-27(34)36-22-11-13-35-14-12-22/h9-10,16,19-20,22,24H,4-8,11-15,17-18H2,1-3H3,(H,30,33)(H,31,34)/t19-,24-/m0/s1. The molecule has 1 aliphatic carbocycles. The van der Waals surface area contributed by atoms with Crippen LogP contribution in [-0.4, -0.2) is 56.5 Å². The zero-order valence-corrected chi connectivity index (χ0v) is 22.0. The summed E-state index contributed by atoms with van der Waals surface area (Å²) < 4.78 is 24.8. The highest BCUT2D eigenvalue weighted by molar-refractivity contribution is 5.86. The van der Waals surface area contributed by atoms with Gasteiger partial charge < -0.3 is 25.0 Å². The molecule has 200 valence electrons. The summed E-state index contributed by atoms with van der Waals surface area (Å²) in [6, 6.07) is 4.16. The highest BCUT2D eigenvalue weighted by atomic mass is 19.1. The number of nitrogens with zero attached hydrogens (tertiary/aromatic N) is 1. The molecule has 1 aromatic rings. The van der Waals surface area contributed by atoms with Crippen LogP contribution in [0.15, 0.2) is 18.2 Å². The lowest BCUT2D eigenvalue weighted by Gasteiger charge is -2.30. The summed E-state index contributed by atoms with van der Waals surface area (Å²) >= 11 is 0. The van der Waals surface area contributed by atoms with Crippen molar-refractivity contribution in [2.75, 3.05) is 31.2 Å². The summed E-state index contributed by atoms with van der Waals surface area (Å²) in [5.41, 5.74) is 1.84. The molecule has 1 saturated carbocycles. The van der Waals surface area contributed by atoms with Crippen molar-refractivity contribution in [3.8, 4) is 0 Å². The number of hydrogen-bond donors (Lipinski definition) is 2. The Morgan fingerprint density at radius 1 is 1.14 bits per heavy atom. The Labute approximate surface area is 214 Å². The summed E-state index contributed by atoms with van der Waals surface area (Å²) in [5, 5.41) is 6.01. The van der Waals surface area contributed by atoms with E-state index in [-0.39, 0.29) is 29.3 Å². The first-order valence-electron chi connectivity index (χ1n) is 13.6. The fraction of sp³-hybridized carbons (Fsp3) is 0.714. The molecule has 2 heterocycles. The third kappa shape index (κ3) is 6.90. The van der Waals surface area contributed by atoms with Gasteiger partial charge in [-0.05, 0) is 43.0 Å². The monoisotopic (exact) mass is 503 g/mol. The van der Waals surface area contributed by atoms with Crippen LogP contribution in [0.1, 0.15) is 77.7 Å². The Kier molecular flexibility index (Phi) is 8.75. The van der Waals surface area contributed by atoms with E-state index >= 15 is 0 Å². The van der Waals surface area contributed by atoms with E-state index in [1.54, 1.807) is 6.07 Å². The lowest BCUT2D eigenvalue weighted by atomic mass is 9.84. The van der Waals surface area contributed by atoms with Crippen molar-refractivity contribution in [3.63, 3.8) is 0 Å². The van der Waals surface area contributed by atoms with Crippen LogP contribution in [0.25, 0.3) is 0 Å². The van der Waals surface area contributed by atoms with Crippen molar-refractivity contribution in [1.82, 2.24) is 10.6 Å². The molecule has 2 atom stereocenters. The molecule has 36 heavy (non-hydrogen) atoms. The molecule has 0 bridgehead atoms. The predicted octanol–water partition coefficient (Wildman–Crippen LogP) is 4.67. The summed E-state index contributed by atoms with van der Waals surface area (Å²) in [7, 11) is 0. The lowest BCUT2D eigenvalue weighted by molar-refractivity contribution is -0.124. The SMILES string of the molecule is C[C@@H](CN1CC(C)(C)c2cc(F)ccc21)NC(=O)[C@H](CC1CCCCC1)NC(=O)OC1CCOCC1. The molecule has 2 N–H and O–H groups in total. The van der Waals surface area contributed by atoms with Gasteiger partial charge in [-0.15, -0.1) is 0 Å². The van der Waals surface area contributed by atoms with Crippen molar-refractivity contribution in [2.45, 2.75) is 95.7 Å². The second kappa shape index (κ2) is 11.8. The zero-order chi connectivity index (χ0) is 25.7. The van der Waals surface area contributed by atoms with Gasteiger partial charge in [-0.1, -0.05) is 46.0 Å². The first-order chi connectivity index (χ1) is 17.2. The molecule has 7 nitrogen and oxygen atoms in total. The Morgan fingerprint density at radius 2 is 1.86 bits per heavy atom. The van der Waals surface area contributed by atoms with Crippen LogP contribution >= 0.6 is 0 Å². The first-order valence-corrected chi connectivity index (χ1v) is 13.6. The van der Waals surface area contributed by atoms with Gasteiger partial charge in [-0.3, -0.25) is 4.79 Å². The van der Waals surface area contributed by atoms with Crippen molar-refractivity contribution >= 4 is 17.7 Å². The zero-order valence-electron chi connectivity index (χ0n) is 22.0. The number of nitrogens with one attached hydrogen (secondary N) is 2. The van der Waals surface area contributed by atoms with E-state index in [1.165, 1.54) is 25.3 Å². The molecule has 0 aromatic heterocycles. The molecule has 1 aromatic carbocycles. The smallest absolute Gasteiger partial charge is 0.408 e. The van der Waals surface area contributed by atoms with E-state index in [4.69, 9.17) is 9.47 Å². The third-order valence-electron chi connectivity index (χ3n) is 7.84. The maximum atomic E-state index is 13.9. The number of carbonyl (C=O) groups excluding carboxylic acids is 2. The van der Waals surface area contributed by atoms with Crippen molar-refractivity contribution in [3.05, 3.63) is 29.6 Å². The highest BCUT2D eigenvalue weighted by Gasteiger charge is 2.36. The molecular formula is C28H42FN3O4. The van der Waals surface area contributed by atoms with Crippen LogP contribution in [0, 0.1) is 11.7 Å². The Bertz CT molecular complexity index is 912. The molecule has 2 amide bonds. The Balaban J connectivity index is 1.37. The molecule has 8 heteroatoms. The second-order valence-corrected chi connectivity index (χ2v) is 11.5. The minimum Gasteiger partial charge on any atom is -0.446 e. The number of anilines is 1. The van der Waals surface area contributed by atoms with E-state index < -0.39 is 12.1 Å². The summed E-state index contributed by atoms with van der Waals surface area (Å²) in [4.78, 5) is 28.3. The van der Waals surface area contributed by atoms with E-state index in [2.05, 4.69) is 29.4 Å². The van der Waals surface area contributed by atoms with Gasteiger partial charge in [-0.2, -0.15) is 0 Å². The van der Waals surface area contributed by atoms with Gasteiger partial charge in [0.25, 0.3) is 0 Å². The number of fused-ring (bicyclic) bond motifs is 1. The largest absolute Gasteiger partial charge is 0.446 e. The van der Waals surface area contributed by atoms with Gasteiger partial charge in [0.2, 0.25) is 5.91 Å². The van der Waals surface area contributed by atoms with Gasteiger partial charge in [0, 0.05) is 43.1 Å². The number of carbonyl (C=O) groups is 2. The van der Waals surface area contributed by atoms with Gasteiger partial charge >= 0.3 is 6.09 Å². The lowest BCUT2D eigenvalue weighted by Crippen LogP contribution is -2.52. The summed E-state index contributed by atoms with van der Waals surface area (Å²) in [5.74, 6) is 0.0263. The van der Waals surface area contributed by atoms with Gasteiger partial charge in [0.15, 0.2) is 0 Å². The summed E-state index contributed by atoms with van der Waals surface area (Å²) in [6.07, 6.45) is 7.06. The predicted molar refractivity (Wildman–Crippen MR) is 138 cm³/mol. The van der Waals surface area contributed by atoms with Crippen LogP contribution in [0.4, 0.5) is 14.9 Å². The molecule has 0 radical (unpaired) electrons. The Morgan fingerprint density at radius 3 is 2.58 bits per heavy atom. The molecule has 3 aliphatic rings. The van der Waals surface area contributed by atoms with E-state index in [0.717, 1.165) is 30.6 Å². The second-order valence-electron chi connectivity index (χ2n) is 11.5. The van der Waals surface area contributed by atoms with Crippen molar-refractivity contribution in [1.29, 1.82) is 0 Å². The number of benzene rings is 1. The Hall–Kier alpha value is -2.35. The van der Waals surface area contributed by atoms with E-state index in [1.807, 2.05) is 13.0 Å². The van der Waals surface area contributed by atoms with Crippen LogP contribution in [0.5, 0.6) is 0 Å². The molecular weight excluding hydrogens is 461 g/mol. The molecule has 2 aliphatic heterocycles. The summed E-state index contributed by atoms with van der Waals surface area (Å²) in [6.45, 7) is 8.74. The maximum absolute atomic E-state index is 13.9.